The number of thioether (sulfide) groups is 1. The van der Waals surface area contributed by atoms with Gasteiger partial charge in [0, 0.05) is 23.2 Å². The number of benzene rings is 1. The van der Waals surface area contributed by atoms with Crippen LogP contribution in [0.5, 0.6) is 0 Å². The predicted octanol–water partition coefficient (Wildman–Crippen LogP) is 3.39. The van der Waals surface area contributed by atoms with Crippen molar-refractivity contribution in [3.8, 4) is 0 Å². The second kappa shape index (κ2) is 6.75. The largest absolute Gasteiger partial charge is 0.350 e. The molecule has 1 aliphatic rings. The smallest absolute Gasteiger partial charge is 0.271 e. The number of fused-ring (bicyclic) bond motifs is 1. The zero-order valence-electron chi connectivity index (χ0n) is 12.4. The van der Waals surface area contributed by atoms with E-state index in [1.54, 1.807) is 11.8 Å². The van der Waals surface area contributed by atoms with Gasteiger partial charge in [-0.15, -0.1) is 0 Å². The number of imidazole rings is 1. The minimum atomic E-state index is -0.0875. The van der Waals surface area contributed by atoms with Crippen LogP contribution in [-0.4, -0.2) is 28.2 Å². The average molecular weight is 336 g/mol. The Labute approximate surface area is 139 Å². The molecule has 2 N–H and O–H groups in total. The van der Waals surface area contributed by atoms with E-state index >= 15 is 0 Å². The number of aromatic amines is 1. The van der Waals surface area contributed by atoms with E-state index in [1.165, 1.54) is 5.56 Å². The molecule has 0 saturated carbocycles. The SMILES string of the molecule is CCSCc1nc2c([nH]1)CC(c1ccc(Cl)cc1)CNC2=O. The molecule has 6 heteroatoms. The Morgan fingerprint density at radius 2 is 2.14 bits per heavy atom. The highest BCUT2D eigenvalue weighted by atomic mass is 35.5. The molecule has 116 valence electrons. The van der Waals surface area contributed by atoms with Gasteiger partial charge in [-0.05, 0) is 29.9 Å². The number of rotatable bonds is 4. The Kier molecular flexibility index (Phi) is 4.74. The van der Waals surface area contributed by atoms with E-state index in [9.17, 15) is 4.79 Å². The van der Waals surface area contributed by atoms with E-state index in [1.807, 2.05) is 24.3 Å². The number of hydrogen-bond donors (Lipinski definition) is 2. The van der Waals surface area contributed by atoms with Crippen LogP contribution in [0.15, 0.2) is 24.3 Å². The summed E-state index contributed by atoms with van der Waals surface area (Å²) in [6.45, 7) is 2.73. The lowest BCUT2D eigenvalue weighted by Crippen LogP contribution is -2.26. The highest BCUT2D eigenvalue weighted by molar-refractivity contribution is 7.98. The molecule has 1 aliphatic heterocycles. The summed E-state index contributed by atoms with van der Waals surface area (Å²) < 4.78 is 0. The van der Waals surface area contributed by atoms with Crippen molar-refractivity contribution in [2.24, 2.45) is 0 Å². The zero-order valence-corrected chi connectivity index (χ0v) is 13.9. The van der Waals surface area contributed by atoms with Gasteiger partial charge < -0.3 is 10.3 Å². The molecule has 0 bridgehead atoms. The number of carbonyl (C=O) groups excluding carboxylic acids is 1. The van der Waals surface area contributed by atoms with Gasteiger partial charge in [-0.1, -0.05) is 30.7 Å². The van der Waals surface area contributed by atoms with Crippen LogP contribution in [0.1, 0.15) is 40.4 Å². The molecule has 1 aromatic heterocycles. The Morgan fingerprint density at radius 1 is 1.36 bits per heavy atom. The highest BCUT2D eigenvalue weighted by Crippen LogP contribution is 2.26. The van der Waals surface area contributed by atoms with Gasteiger partial charge in [-0.25, -0.2) is 4.98 Å². The third-order valence-electron chi connectivity index (χ3n) is 3.79. The molecule has 3 rings (SSSR count). The molecule has 1 unspecified atom stereocenters. The third kappa shape index (κ3) is 3.31. The van der Waals surface area contributed by atoms with Crippen LogP contribution in [-0.2, 0) is 12.2 Å². The molecular formula is C16H18ClN3OS. The van der Waals surface area contributed by atoms with E-state index in [4.69, 9.17) is 11.6 Å². The second-order valence-electron chi connectivity index (χ2n) is 5.31. The van der Waals surface area contributed by atoms with Gasteiger partial charge in [0.15, 0.2) is 0 Å². The minimum Gasteiger partial charge on any atom is -0.350 e. The van der Waals surface area contributed by atoms with Gasteiger partial charge in [-0.2, -0.15) is 11.8 Å². The molecule has 1 atom stereocenters. The minimum absolute atomic E-state index is 0.0875. The Balaban J connectivity index is 1.85. The van der Waals surface area contributed by atoms with E-state index in [0.717, 1.165) is 34.5 Å². The molecule has 0 saturated heterocycles. The van der Waals surface area contributed by atoms with Crippen molar-refractivity contribution in [3.63, 3.8) is 0 Å². The molecule has 0 fully saturated rings. The number of nitrogens with one attached hydrogen (secondary N) is 2. The maximum Gasteiger partial charge on any atom is 0.271 e. The summed E-state index contributed by atoms with van der Waals surface area (Å²) in [6, 6.07) is 7.82. The number of hydrogen-bond acceptors (Lipinski definition) is 3. The molecule has 0 aliphatic carbocycles. The van der Waals surface area contributed by atoms with E-state index in [-0.39, 0.29) is 11.8 Å². The van der Waals surface area contributed by atoms with Crippen molar-refractivity contribution >= 4 is 29.3 Å². The summed E-state index contributed by atoms with van der Waals surface area (Å²) in [5, 5.41) is 3.70. The quantitative estimate of drug-likeness (QED) is 0.900. The lowest BCUT2D eigenvalue weighted by Gasteiger charge is -2.14. The molecule has 2 heterocycles. The van der Waals surface area contributed by atoms with E-state index in [2.05, 4.69) is 22.2 Å². The average Bonchev–Trinajstić information content (AvgIpc) is 2.86. The fourth-order valence-electron chi connectivity index (χ4n) is 2.66. The van der Waals surface area contributed by atoms with Gasteiger partial charge >= 0.3 is 0 Å². The first-order chi connectivity index (χ1) is 10.7. The first-order valence-corrected chi connectivity index (χ1v) is 8.89. The Bertz CT molecular complexity index is 669. The maximum atomic E-state index is 12.2. The third-order valence-corrected chi connectivity index (χ3v) is 4.92. The molecular weight excluding hydrogens is 318 g/mol. The summed E-state index contributed by atoms with van der Waals surface area (Å²) >= 11 is 7.74. The summed E-state index contributed by atoms with van der Waals surface area (Å²) in [5.41, 5.74) is 2.65. The number of amides is 1. The number of H-pyrrole nitrogens is 1. The molecule has 1 amide bonds. The number of nitrogens with zero attached hydrogens (tertiary/aromatic N) is 1. The lowest BCUT2D eigenvalue weighted by molar-refractivity contribution is 0.0950. The van der Waals surface area contributed by atoms with Crippen LogP contribution >= 0.6 is 23.4 Å². The van der Waals surface area contributed by atoms with Crippen LogP contribution < -0.4 is 5.32 Å². The van der Waals surface area contributed by atoms with Crippen molar-refractivity contribution in [3.05, 3.63) is 52.1 Å². The van der Waals surface area contributed by atoms with Crippen LogP contribution in [0.4, 0.5) is 0 Å². The fourth-order valence-corrected chi connectivity index (χ4v) is 3.32. The molecule has 2 aromatic rings. The monoisotopic (exact) mass is 335 g/mol. The summed E-state index contributed by atoms with van der Waals surface area (Å²) in [7, 11) is 0. The van der Waals surface area contributed by atoms with Gasteiger partial charge in [0.1, 0.15) is 11.5 Å². The molecule has 22 heavy (non-hydrogen) atoms. The first kappa shape index (κ1) is 15.4. The lowest BCUT2D eigenvalue weighted by atomic mass is 9.94. The van der Waals surface area contributed by atoms with Crippen molar-refractivity contribution in [1.82, 2.24) is 15.3 Å². The van der Waals surface area contributed by atoms with Crippen LogP contribution in [0.25, 0.3) is 0 Å². The second-order valence-corrected chi connectivity index (χ2v) is 7.02. The maximum absolute atomic E-state index is 12.2. The van der Waals surface area contributed by atoms with Crippen molar-refractivity contribution in [2.45, 2.75) is 25.0 Å². The predicted molar refractivity (Wildman–Crippen MR) is 90.7 cm³/mol. The van der Waals surface area contributed by atoms with E-state index < -0.39 is 0 Å². The Morgan fingerprint density at radius 3 is 2.86 bits per heavy atom. The molecule has 1 aromatic carbocycles. The van der Waals surface area contributed by atoms with Crippen LogP contribution in [0.2, 0.25) is 5.02 Å². The molecule has 4 nitrogen and oxygen atoms in total. The number of halogens is 1. The zero-order chi connectivity index (χ0) is 15.5. The van der Waals surface area contributed by atoms with Crippen molar-refractivity contribution < 1.29 is 4.79 Å². The van der Waals surface area contributed by atoms with Crippen molar-refractivity contribution in [1.29, 1.82) is 0 Å². The van der Waals surface area contributed by atoms with Crippen LogP contribution in [0, 0.1) is 0 Å². The van der Waals surface area contributed by atoms with E-state index in [0.29, 0.717) is 12.2 Å². The van der Waals surface area contributed by atoms with Gasteiger partial charge in [0.25, 0.3) is 5.91 Å². The van der Waals surface area contributed by atoms with Gasteiger partial charge in [0.05, 0.1) is 5.75 Å². The molecule has 0 radical (unpaired) electrons. The summed E-state index contributed by atoms with van der Waals surface area (Å²) in [6.07, 6.45) is 0.777. The summed E-state index contributed by atoms with van der Waals surface area (Å²) in [5.74, 6) is 2.86. The fraction of sp³-hybridized carbons (Fsp3) is 0.375. The first-order valence-electron chi connectivity index (χ1n) is 7.36. The highest BCUT2D eigenvalue weighted by Gasteiger charge is 2.26. The molecule has 0 spiro atoms. The normalized spacial score (nSPS) is 17.7. The van der Waals surface area contributed by atoms with Crippen molar-refractivity contribution in [2.75, 3.05) is 12.3 Å². The topological polar surface area (TPSA) is 57.8 Å². The Hall–Kier alpha value is -1.46. The number of carbonyl (C=O) groups is 1. The van der Waals surface area contributed by atoms with Crippen LogP contribution in [0.3, 0.4) is 0 Å². The standard InChI is InChI=1S/C16H18ClN3OS/c1-2-22-9-14-19-13-7-11(8-18-16(21)15(13)20-14)10-3-5-12(17)6-4-10/h3-6,11H,2,7-9H2,1H3,(H,18,21)(H,19,20). The van der Waals surface area contributed by atoms with Gasteiger partial charge in [-0.3, -0.25) is 4.79 Å². The summed E-state index contributed by atoms with van der Waals surface area (Å²) in [4.78, 5) is 20.0. The number of aromatic nitrogens is 2. The van der Waals surface area contributed by atoms with Gasteiger partial charge in [0.2, 0.25) is 0 Å².